The zero-order valence-corrected chi connectivity index (χ0v) is 14.5. The van der Waals surface area contributed by atoms with Gasteiger partial charge in [-0.15, -0.1) is 0 Å². The lowest BCUT2D eigenvalue weighted by Crippen LogP contribution is -2.41. The first kappa shape index (κ1) is 16.2. The van der Waals surface area contributed by atoms with E-state index in [9.17, 15) is 4.79 Å². The van der Waals surface area contributed by atoms with E-state index in [0.717, 1.165) is 37.4 Å². The Hall–Kier alpha value is -1.66. The summed E-state index contributed by atoms with van der Waals surface area (Å²) in [5.74, 6) is 1.30. The highest BCUT2D eigenvalue weighted by molar-refractivity contribution is 7.09. The molecule has 2 heterocycles. The smallest absolute Gasteiger partial charge is 0.323 e. The number of carbonyl (C=O) groups excluding carboxylic acids is 1. The number of aromatic nitrogens is 2. The highest BCUT2D eigenvalue weighted by Gasteiger charge is 2.23. The Morgan fingerprint density at radius 1 is 1.35 bits per heavy atom. The largest absolute Gasteiger partial charge is 0.324 e. The van der Waals surface area contributed by atoms with E-state index in [4.69, 9.17) is 11.6 Å². The highest BCUT2D eigenvalue weighted by atomic mass is 35.5. The molecule has 2 aromatic rings. The molecule has 122 valence electrons. The van der Waals surface area contributed by atoms with E-state index in [1.54, 1.807) is 0 Å². The third-order valence-electron chi connectivity index (χ3n) is 4.08. The molecule has 1 saturated heterocycles. The van der Waals surface area contributed by atoms with E-state index in [1.165, 1.54) is 17.1 Å². The number of piperidine rings is 1. The van der Waals surface area contributed by atoms with Crippen LogP contribution in [-0.2, 0) is 6.42 Å². The van der Waals surface area contributed by atoms with Crippen molar-refractivity contribution in [3.05, 3.63) is 40.7 Å². The molecular weight excluding hydrogens is 332 g/mol. The van der Waals surface area contributed by atoms with Crippen LogP contribution < -0.4 is 5.32 Å². The molecule has 2 amide bonds. The molecule has 1 aromatic heterocycles. The summed E-state index contributed by atoms with van der Waals surface area (Å²) in [6, 6.07) is 7.96. The van der Waals surface area contributed by atoms with Gasteiger partial charge in [0.15, 0.2) is 0 Å². The molecule has 0 saturated carbocycles. The van der Waals surface area contributed by atoms with Gasteiger partial charge in [0, 0.05) is 29.6 Å². The number of benzene rings is 1. The number of rotatable bonds is 3. The number of halogens is 1. The maximum atomic E-state index is 12.2. The van der Waals surface area contributed by atoms with Gasteiger partial charge in [0.1, 0.15) is 5.82 Å². The Kier molecular flexibility index (Phi) is 5.13. The van der Waals surface area contributed by atoms with E-state index in [-0.39, 0.29) is 6.03 Å². The summed E-state index contributed by atoms with van der Waals surface area (Å²) in [6.45, 7) is 3.37. The van der Waals surface area contributed by atoms with E-state index in [2.05, 4.69) is 26.8 Å². The predicted octanol–water partition coefficient (Wildman–Crippen LogP) is 3.99. The first-order valence-corrected chi connectivity index (χ1v) is 8.86. The number of carbonyl (C=O) groups is 1. The number of anilines is 1. The van der Waals surface area contributed by atoms with Crippen LogP contribution in [0.25, 0.3) is 0 Å². The Labute approximate surface area is 144 Å². The zero-order chi connectivity index (χ0) is 16.2. The summed E-state index contributed by atoms with van der Waals surface area (Å²) in [5.41, 5.74) is 1.31. The Morgan fingerprint density at radius 3 is 2.65 bits per heavy atom. The number of nitrogens with one attached hydrogen (secondary N) is 1. The maximum absolute atomic E-state index is 12.2. The molecule has 0 atom stereocenters. The van der Waals surface area contributed by atoms with Crippen LogP contribution in [0.1, 0.15) is 24.2 Å². The molecule has 0 bridgehead atoms. The van der Waals surface area contributed by atoms with Gasteiger partial charge >= 0.3 is 6.03 Å². The van der Waals surface area contributed by atoms with E-state index < -0.39 is 0 Å². The van der Waals surface area contributed by atoms with Crippen LogP contribution in [0.2, 0.25) is 5.02 Å². The third kappa shape index (κ3) is 4.42. The second-order valence-corrected chi connectivity index (χ2v) is 7.03. The number of likely N-dealkylation sites (tertiary alicyclic amines) is 1. The molecule has 1 aliphatic rings. The standard InChI is InChI=1S/C16H19ClN4OS/c1-11-18-15(23-20-11)19-16(22)21-8-6-13(7-9-21)10-12-2-4-14(17)5-3-12/h2-5,13H,6-10H2,1H3,(H,18,19,20,22). The molecule has 1 N–H and O–H groups in total. The molecule has 7 heteroatoms. The molecule has 3 rings (SSSR count). The van der Waals surface area contributed by atoms with Gasteiger partial charge in [-0.3, -0.25) is 5.32 Å². The molecule has 0 unspecified atom stereocenters. The van der Waals surface area contributed by atoms with Crippen LogP contribution in [0.15, 0.2) is 24.3 Å². The molecule has 1 aromatic carbocycles. The van der Waals surface area contributed by atoms with Crippen LogP contribution in [0.3, 0.4) is 0 Å². The van der Waals surface area contributed by atoms with Crippen LogP contribution in [0.4, 0.5) is 9.93 Å². The first-order valence-electron chi connectivity index (χ1n) is 7.71. The molecular formula is C16H19ClN4OS. The van der Waals surface area contributed by atoms with Crippen LogP contribution in [0.5, 0.6) is 0 Å². The minimum Gasteiger partial charge on any atom is -0.324 e. The van der Waals surface area contributed by atoms with Crippen LogP contribution in [-0.4, -0.2) is 33.4 Å². The second-order valence-electron chi connectivity index (χ2n) is 5.84. The van der Waals surface area contributed by atoms with Crippen molar-refractivity contribution in [2.75, 3.05) is 18.4 Å². The number of hydrogen-bond acceptors (Lipinski definition) is 4. The molecule has 1 aliphatic heterocycles. The van der Waals surface area contributed by atoms with Crippen molar-refractivity contribution in [2.24, 2.45) is 5.92 Å². The maximum Gasteiger partial charge on any atom is 0.323 e. The monoisotopic (exact) mass is 350 g/mol. The fraction of sp³-hybridized carbons (Fsp3) is 0.438. The van der Waals surface area contributed by atoms with Crippen molar-refractivity contribution < 1.29 is 4.79 Å². The number of urea groups is 1. The predicted molar refractivity (Wildman–Crippen MR) is 93.1 cm³/mol. The lowest BCUT2D eigenvalue weighted by Gasteiger charge is -2.31. The highest BCUT2D eigenvalue weighted by Crippen LogP contribution is 2.23. The van der Waals surface area contributed by atoms with Gasteiger partial charge in [-0.05, 0) is 49.8 Å². The lowest BCUT2D eigenvalue weighted by atomic mass is 9.90. The Morgan fingerprint density at radius 2 is 2.04 bits per heavy atom. The van der Waals surface area contributed by atoms with Gasteiger partial charge in [0.05, 0.1) is 0 Å². The van der Waals surface area contributed by atoms with Crippen LogP contribution in [0, 0.1) is 12.8 Å². The SMILES string of the molecule is Cc1nsc(NC(=O)N2CCC(Cc3ccc(Cl)cc3)CC2)n1. The van der Waals surface area contributed by atoms with Gasteiger partial charge < -0.3 is 4.90 Å². The molecule has 0 radical (unpaired) electrons. The number of nitrogens with zero attached hydrogens (tertiary/aromatic N) is 3. The van der Waals surface area contributed by atoms with Crippen molar-refractivity contribution in [3.8, 4) is 0 Å². The average molecular weight is 351 g/mol. The summed E-state index contributed by atoms with van der Waals surface area (Å²) >= 11 is 7.13. The first-order chi connectivity index (χ1) is 11.1. The average Bonchev–Trinajstić information content (AvgIpc) is 2.95. The van der Waals surface area contributed by atoms with E-state index in [1.807, 2.05) is 24.0 Å². The number of amides is 2. The molecule has 23 heavy (non-hydrogen) atoms. The molecule has 0 spiro atoms. The fourth-order valence-corrected chi connectivity index (χ4v) is 3.50. The summed E-state index contributed by atoms with van der Waals surface area (Å²) < 4.78 is 4.07. The minimum atomic E-state index is -0.0777. The molecule has 1 fully saturated rings. The summed E-state index contributed by atoms with van der Waals surface area (Å²) in [6.07, 6.45) is 3.08. The van der Waals surface area contributed by atoms with Gasteiger partial charge in [-0.25, -0.2) is 9.78 Å². The third-order valence-corrected chi connectivity index (χ3v) is 5.05. The van der Waals surface area contributed by atoms with Crippen molar-refractivity contribution in [2.45, 2.75) is 26.2 Å². The minimum absolute atomic E-state index is 0.0777. The number of hydrogen-bond donors (Lipinski definition) is 1. The fourth-order valence-electron chi connectivity index (χ4n) is 2.81. The summed E-state index contributed by atoms with van der Waals surface area (Å²) in [5, 5.41) is 4.16. The van der Waals surface area contributed by atoms with Gasteiger partial charge in [0.25, 0.3) is 0 Å². The quantitative estimate of drug-likeness (QED) is 0.910. The van der Waals surface area contributed by atoms with Gasteiger partial charge in [-0.2, -0.15) is 4.37 Å². The Bertz CT molecular complexity index is 665. The lowest BCUT2D eigenvalue weighted by molar-refractivity contribution is 0.182. The molecule has 0 aliphatic carbocycles. The number of aryl methyl sites for hydroxylation is 1. The van der Waals surface area contributed by atoms with Gasteiger partial charge in [0.2, 0.25) is 5.13 Å². The normalized spacial score (nSPS) is 15.7. The zero-order valence-electron chi connectivity index (χ0n) is 13.0. The van der Waals surface area contributed by atoms with Crippen molar-refractivity contribution in [1.82, 2.24) is 14.3 Å². The van der Waals surface area contributed by atoms with E-state index >= 15 is 0 Å². The van der Waals surface area contributed by atoms with E-state index in [0.29, 0.717) is 16.9 Å². The summed E-state index contributed by atoms with van der Waals surface area (Å²) in [7, 11) is 0. The van der Waals surface area contributed by atoms with Crippen molar-refractivity contribution >= 4 is 34.3 Å². The topological polar surface area (TPSA) is 58.1 Å². The molecule has 5 nitrogen and oxygen atoms in total. The Balaban J connectivity index is 1.48. The van der Waals surface area contributed by atoms with Crippen LogP contribution >= 0.6 is 23.1 Å². The van der Waals surface area contributed by atoms with Crippen molar-refractivity contribution in [3.63, 3.8) is 0 Å². The summed E-state index contributed by atoms with van der Waals surface area (Å²) in [4.78, 5) is 18.2. The van der Waals surface area contributed by atoms with Crippen molar-refractivity contribution in [1.29, 1.82) is 0 Å². The second kappa shape index (κ2) is 7.27. The van der Waals surface area contributed by atoms with Gasteiger partial charge in [-0.1, -0.05) is 23.7 Å².